The van der Waals surface area contributed by atoms with Gasteiger partial charge in [0.05, 0.1) is 13.0 Å². The number of carbonyl (C=O) groups is 1. The molecular weight excluding hydrogens is 317 g/mol. The summed E-state index contributed by atoms with van der Waals surface area (Å²) in [6, 6.07) is 3.68. The summed E-state index contributed by atoms with van der Waals surface area (Å²) in [6.07, 6.45) is -4.75. The number of rotatable bonds is 4. The molecule has 0 unspecified atom stereocenters. The van der Waals surface area contributed by atoms with Crippen LogP contribution in [-0.4, -0.2) is 18.9 Å². The van der Waals surface area contributed by atoms with Gasteiger partial charge in [0.1, 0.15) is 5.75 Å². The predicted octanol–water partition coefficient (Wildman–Crippen LogP) is 3.45. The van der Waals surface area contributed by atoms with E-state index in [0.717, 1.165) is 12.1 Å². The molecular formula is C11H10BrF3O3. The number of ether oxygens (including phenoxy) is 2. The Hall–Kier alpha value is -1.24. The second-order valence-electron chi connectivity index (χ2n) is 3.28. The van der Waals surface area contributed by atoms with Crippen molar-refractivity contribution in [1.82, 2.24) is 0 Å². The van der Waals surface area contributed by atoms with Crippen molar-refractivity contribution in [2.24, 2.45) is 0 Å². The van der Waals surface area contributed by atoms with E-state index in [9.17, 15) is 18.0 Å². The fourth-order valence-electron chi connectivity index (χ4n) is 1.24. The summed E-state index contributed by atoms with van der Waals surface area (Å²) in [5.74, 6) is -0.787. The summed E-state index contributed by atoms with van der Waals surface area (Å²) in [7, 11) is 0. The number of carbonyl (C=O) groups excluding carboxylic acids is 1. The van der Waals surface area contributed by atoms with Gasteiger partial charge in [-0.15, -0.1) is 13.2 Å². The van der Waals surface area contributed by atoms with E-state index in [0.29, 0.717) is 10.0 Å². The van der Waals surface area contributed by atoms with Gasteiger partial charge in [0.2, 0.25) is 0 Å². The van der Waals surface area contributed by atoms with Crippen LogP contribution in [0.4, 0.5) is 13.2 Å². The van der Waals surface area contributed by atoms with E-state index in [1.165, 1.54) is 6.07 Å². The smallest absolute Gasteiger partial charge is 0.466 e. The molecule has 3 nitrogen and oxygen atoms in total. The lowest BCUT2D eigenvalue weighted by atomic mass is 10.1. The van der Waals surface area contributed by atoms with Crippen LogP contribution >= 0.6 is 15.9 Å². The van der Waals surface area contributed by atoms with Crippen LogP contribution in [0.3, 0.4) is 0 Å². The molecule has 0 aromatic heterocycles. The van der Waals surface area contributed by atoms with Crippen molar-refractivity contribution >= 4 is 21.9 Å². The number of hydrogen-bond acceptors (Lipinski definition) is 3. The fraction of sp³-hybridized carbons (Fsp3) is 0.364. The third-order valence-electron chi connectivity index (χ3n) is 1.90. The van der Waals surface area contributed by atoms with E-state index in [1.54, 1.807) is 6.92 Å². The van der Waals surface area contributed by atoms with Gasteiger partial charge < -0.3 is 9.47 Å². The SMILES string of the molecule is CCOC(=O)Cc1ccc(OC(F)(F)F)cc1Br. The van der Waals surface area contributed by atoms with Crippen LogP contribution in [0.1, 0.15) is 12.5 Å². The standard InChI is InChI=1S/C11H10BrF3O3/c1-2-17-10(16)5-7-3-4-8(6-9(7)12)18-11(13,14)15/h3-4,6H,2,5H2,1H3. The summed E-state index contributed by atoms with van der Waals surface area (Å²) >= 11 is 3.08. The quantitative estimate of drug-likeness (QED) is 0.795. The number of hydrogen-bond donors (Lipinski definition) is 0. The van der Waals surface area contributed by atoms with Crippen LogP contribution in [0.25, 0.3) is 0 Å². The van der Waals surface area contributed by atoms with E-state index >= 15 is 0 Å². The van der Waals surface area contributed by atoms with Crippen LogP contribution in [0.15, 0.2) is 22.7 Å². The molecule has 0 saturated carbocycles. The number of benzene rings is 1. The monoisotopic (exact) mass is 326 g/mol. The summed E-state index contributed by atoms with van der Waals surface area (Å²) in [4.78, 5) is 11.2. The van der Waals surface area contributed by atoms with Crippen molar-refractivity contribution in [3.8, 4) is 5.75 Å². The maximum absolute atomic E-state index is 12.0. The first-order valence-corrected chi connectivity index (χ1v) is 5.81. The maximum Gasteiger partial charge on any atom is 0.573 e. The van der Waals surface area contributed by atoms with Crippen LogP contribution in [0.5, 0.6) is 5.75 Å². The molecule has 0 aliphatic rings. The van der Waals surface area contributed by atoms with E-state index < -0.39 is 12.3 Å². The Balaban J connectivity index is 2.77. The topological polar surface area (TPSA) is 35.5 Å². The number of alkyl halides is 3. The van der Waals surface area contributed by atoms with Gasteiger partial charge in [-0.05, 0) is 24.6 Å². The molecule has 1 aromatic carbocycles. The molecule has 18 heavy (non-hydrogen) atoms. The second kappa shape index (κ2) is 6.08. The summed E-state index contributed by atoms with van der Waals surface area (Å²) < 4.78 is 44.8. The van der Waals surface area contributed by atoms with Crippen molar-refractivity contribution in [3.05, 3.63) is 28.2 Å². The van der Waals surface area contributed by atoms with Crippen molar-refractivity contribution in [3.63, 3.8) is 0 Å². The molecule has 0 amide bonds. The molecule has 0 N–H and O–H groups in total. The Labute approximate surface area is 110 Å². The molecule has 0 spiro atoms. The normalized spacial score (nSPS) is 11.2. The summed E-state index contributed by atoms with van der Waals surface area (Å²) in [5, 5.41) is 0. The van der Waals surface area contributed by atoms with Gasteiger partial charge in [-0.1, -0.05) is 22.0 Å². The van der Waals surface area contributed by atoms with Gasteiger partial charge in [-0.2, -0.15) is 0 Å². The second-order valence-corrected chi connectivity index (χ2v) is 4.14. The molecule has 0 atom stereocenters. The highest BCUT2D eigenvalue weighted by Crippen LogP contribution is 2.28. The third kappa shape index (κ3) is 4.95. The third-order valence-corrected chi connectivity index (χ3v) is 2.64. The molecule has 0 fully saturated rings. The zero-order chi connectivity index (χ0) is 13.8. The van der Waals surface area contributed by atoms with Crippen molar-refractivity contribution in [2.75, 3.05) is 6.61 Å². The molecule has 0 aliphatic carbocycles. The highest BCUT2D eigenvalue weighted by molar-refractivity contribution is 9.10. The van der Waals surface area contributed by atoms with E-state index in [2.05, 4.69) is 20.7 Å². The Morgan fingerprint density at radius 3 is 2.56 bits per heavy atom. The Bertz CT molecular complexity index is 432. The van der Waals surface area contributed by atoms with Crippen molar-refractivity contribution in [1.29, 1.82) is 0 Å². The van der Waals surface area contributed by atoms with Gasteiger partial charge in [0, 0.05) is 4.47 Å². The first kappa shape index (κ1) is 14.8. The molecule has 0 bridgehead atoms. The van der Waals surface area contributed by atoms with Crippen LogP contribution in [0, 0.1) is 0 Å². The first-order valence-electron chi connectivity index (χ1n) is 5.01. The molecule has 0 aliphatic heterocycles. The van der Waals surface area contributed by atoms with E-state index in [1.807, 2.05) is 0 Å². The Morgan fingerprint density at radius 1 is 1.39 bits per heavy atom. The van der Waals surface area contributed by atoms with Gasteiger partial charge in [-0.25, -0.2) is 0 Å². The Kier molecular flexibility index (Phi) is 5.01. The van der Waals surface area contributed by atoms with Gasteiger partial charge in [-0.3, -0.25) is 4.79 Å². The molecule has 1 rings (SSSR count). The molecule has 0 heterocycles. The van der Waals surface area contributed by atoms with E-state index in [-0.39, 0.29) is 18.8 Å². The molecule has 7 heteroatoms. The lowest BCUT2D eigenvalue weighted by molar-refractivity contribution is -0.274. The number of halogens is 4. The zero-order valence-corrected chi connectivity index (χ0v) is 11.0. The van der Waals surface area contributed by atoms with Crippen molar-refractivity contribution in [2.45, 2.75) is 19.7 Å². The fourth-order valence-corrected chi connectivity index (χ4v) is 1.73. The lowest BCUT2D eigenvalue weighted by Crippen LogP contribution is -2.17. The molecule has 1 aromatic rings. The predicted molar refractivity (Wildman–Crippen MR) is 61.2 cm³/mol. The highest BCUT2D eigenvalue weighted by Gasteiger charge is 2.31. The molecule has 0 saturated heterocycles. The summed E-state index contributed by atoms with van der Waals surface area (Å²) in [5.41, 5.74) is 0.531. The highest BCUT2D eigenvalue weighted by atomic mass is 79.9. The van der Waals surface area contributed by atoms with Crippen LogP contribution in [-0.2, 0) is 16.0 Å². The van der Waals surface area contributed by atoms with Gasteiger partial charge in [0.15, 0.2) is 0 Å². The minimum absolute atomic E-state index is 0.0132. The minimum atomic E-state index is -4.73. The zero-order valence-electron chi connectivity index (χ0n) is 9.38. The molecule has 100 valence electrons. The molecule has 0 radical (unpaired) electrons. The maximum atomic E-state index is 12.0. The largest absolute Gasteiger partial charge is 0.573 e. The lowest BCUT2D eigenvalue weighted by Gasteiger charge is -2.10. The number of esters is 1. The van der Waals surface area contributed by atoms with Gasteiger partial charge in [0.25, 0.3) is 0 Å². The average molecular weight is 327 g/mol. The average Bonchev–Trinajstić information content (AvgIpc) is 2.20. The van der Waals surface area contributed by atoms with Crippen molar-refractivity contribution < 1.29 is 27.4 Å². The van der Waals surface area contributed by atoms with Crippen LogP contribution < -0.4 is 4.74 Å². The Morgan fingerprint density at radius 2 is 2.06 bits per heavy atom. The van der Waals surface area contributed by atoms with Crippen LogP contribution in [0.2, 0.25) is 0 Å². The summed E-state index contributed by atoms with van der Waals surface area (Å²) in [6.45, 7) is 1.93. The first-order chi connectivity index (χ1) is 8.31. The minimum Gasteiger partial charge on any atom is -0.466 e. The van der Waals surface area contributed by atoms with E-state index in [4.69, 9.17) is 4.74 Å². The van der Waals surface area contributed by atoms with Gasteiger partial charge >= 0.3 is 12.3 Å².